The highest BCUT2D eigenvalue weighted by Crippen LogP contribution is 2.28. The van der Waals surface area contributed by atoms with Gasteiger partial charge in [-0.1, -0.05) is 54.1 Å². The molecule has 3 aromatic carbocycles. The van der Waals surface area contributed by atoms with Gasteiger partial charge < -0.3 is 10.6 Å². The first-order chi connectivity index (χ1) is 11.1. The summed E-state index contributed by atoms with van der Waals surface area (Å²) in [4.78, 5) is 6.40. The van der Waals surface area contributed by atoms with Crippen LogP contribution in [0.5, 0.6) is 0 Å². The summed E-state index contributed by atoms with van der Waals surface area (Å²) in [5, 5.41) is 2.86. The van der Waals surface area contributed by atoms with Crippen molar-refractivity contribution >= 4 is 39.7 Å². The van der Waals surface area contributed by atoms with Crippen LogP contribution in [-0.2, 0) is 0 Å². The summed E-state index contributed by atoms with van der Waals surface area (Å²) in [7, 11) is 1.87. The number of aryl methyl sites for hydroxylation is 1. The molecule has 0 fully saturated rings. The van der Waals surface area contributed by atoms with Crippen molar-refractivity contribution in [2.24, 2.45) is 10.7 Å². The number of guanidine groups is 1. The van der Waals surface area contributed by atoms with E-state index >= 15 is 0 Å². The number of aliphatic imine (C=N–C) groups is 1. The Hall–Kier alpha value is -2.52. The van der Waals surface area contributed by atoms with Crippen molar-refractivity contribution in [1.29, 1.82) is 0 Å². The van der Waals surface area contributed by atoms with E-state index < -0.39 is 0 Å². The third kappa shape index (κ3) is 3.15. The molecule has 0 atom stereocenters. The van der Waals surface area contributed by atoms with Crippen LogP contribution in [0.3, 0.4) is 0 Å². The molecule has 0 spiro atoms. The van der Waals surface area contributed by atoms with Gasteiger partial charge in [-0.2, -0.15) is 0 Å². The second-order valence-electron chi connectivity index (χ2n) is 5.48. The maximum Gasteiger partial charge on any atom is 0.200 e. The summed E-state index contributed by atoms with van der Waals surface area (Å²) in [6.07, 6.45) is 0. The van der Waals surface area contributed by atoms with Crippen molar-refractivity contribution in [1.82, 2.24) is 0 Å². The molecule has 0 unspecified atom stereocenters. The van der Waals surface area contributed by atoms with Crippen molar-refractivity contribution in [3.63, 3.8) is 0 Å². The average molecular weight is 324 g/mol. The minimum absolute atomic E-state index is 0.397. The fourth-order valence-corrected chi connectivity index (χ4v) is 2.75. The van der Waals surface area contributed by atoms with Gasteiger partial charge in [-0.15, -0.1) is 0 Å². The summed E-state index contributed by atoms with van der Waals surface area (Å²) in [6, 6.07) is 19.9. The highest BCUT2D eigenvalue weighted by Gasteiger charge is 2.10. The molecule has 0 aromatic heterocycles. The van der Waals surface area contributed by atoms with E-state index in [-0.39, 0.29) is 0 Å². The first kappa shape index (κ1) is 15.4. The number of anilines is 1. The zero-order valence-corrected chi connectivity index (χ0v) is 13.9. The van der Waals surface area contributed by atoms with Crippen molar-refractivity contribution in [2.45, 2.75) is 6.92 Å². The van der Waals surface area contributed by atoms with Crippen LogP contribution in [0.2, 0.25) is 5.02 Å². The molecular weight excluding hydrogens is 306 g/mol. The number of fused-ring (bicyclic) bond motifs is 1. The molecule has 0 amide bonds. The Morgan fingerprint density at radius 2 is 1.78 bits per heavy atom. The van der Waals surface area contributed by atoms with E-state index in [1.807, 2.05) is 62.5 Å². The molecule has 0 bridgehead atoms. The van der Waals surface area contributed by atoms with Gasteiger partial charge in [-0.05, 0) is 36.1 Å². The van der Waals surface area contributed by atoms with Crippen molar-refractivity contribution < 1.29 is 0 Å². The van der Waals surface area contributed by atoms with E-state index in [4.69, 9.17) is 17.3 Å². The third-order valence-electron chi connectivity index (χ3n) is 3.81. The molecule has 0 aliphatic rings. The Morgan fingerprint density at radius 1 is 1.04 bits per heavy atom. The predicted molar refractivity (Wildman–Crippen MR) is 99.8 cm³/mol. The highest BCUT2D eigenvalue weighted by molar-refractivity contribution is 6.33. The molecule has 0 saturated carbocycles. The Morgan fingerprint density at radius 3 is 2.61 bits per heavy atom. The van der Waals surface area contributed by atoms with Crippen LogP contribution in [0.4, 0.5) is 11.4 Å². The second-order valence-corrected chi connectivity index (χ2v) is 5.89. The SMILES string of the molecule is Cc1ccc(Cl)c(N(C)C(N)=Nc2cccc3ccccc23)c1. The summed E-state index contributed by atoms with van der Waals surface area (Å²) in [5.74, 6) is 0.397. The van der Waals surface area contributed by atoms with Crippen molar-refractivity contribution in [2.75, 3.05) is 11.9 Å². The van der Waals surface area contributed by atoms with E-state index in [0.29, 0.717) is 11.0 Å². The molecule has 0 radical (unpaired) electrons. The van der Waals surface area contributed by atoms with Crippen molar-refractivity contribution in [3.8, 4) is 0 Å². The summed E-state index contributed by atoms with van der Waals surface area (Å²) in [6.45, 7) is 2.02. The molecule has 3 nitrogen and oxygen atoms in total. The van der Waals surface area contributed by atoms with Gasteiger partial charge in [0.1, 0.15) is 0 Å². The molecule has 23 heavy (non-hydrogen) atoms. The van der Waals surface area contributed by atoms with Gasteiger partial charge in [-0.25, -0.2) is 4.99 Å². The minimum Gasteiger partial charge on any atom is -0.369 e. The van der Waals surface area contributed by atoms with Gasteiger partial charge in [0, 0.05) is 12.4 Å². The normalized spacial score (nSPS) is 11.7. The average Bonchev–Trinajstić information content (AvgIpc) is 2.56. The first-order valence-electron chi connectivity index (χ1n) is 7.38. The largest absolute Gasteiger partial charge is 0.369 e. The highest BCUT2D eigenvalue weighted by atomic mass is 35.5. The predicted octanol–water partition coefficient (Wildman–Crippen LogP) is 4.88. The van der Waals surface area contributed by atoms with Crippen molar-refractivity contribution in [3.05, 3.63) is 71.2 Å². The number of benzene rings is 3. The number of rotatable bonds is 2. The van der Waals surface area contributed by atoms with E-state index in [1.165, 1.54) is 0 Å². The summed E-state index contributed by atoms with van der Waals surface area (Å²) in [5.41, 5.74) is 9.01. The first-order valence-corrected chi connectivity index (χ1v) is 7.76. The topological polar surface area (TPSA) is 41.6 Å². The third-order valence-corrected chi connectivity index (χ3v) is 4.13. The molecule has 3 rings (SSSR count). The molecule has 0 heterocycles. The number of nitrogens with two attached hydrogens (primary N) is 1. The van der Waals surface area contributed by atoms with E-state index in [2.05, 4.69) is 17.1 Å². The van der Waals surface area contributed by atoms with E-state index in [9.17, 15) is 0 Å². The van der Waals surface area contributed by atoms with Crippen LogP contribution in [-0.4, -0.2) is 13.0 Å². The fraction of sp³-hybridized carbons (Fsp3) is 0.105. The maximum atomic E-state index is 6.28. The second kappa shape index (κ2) is 6.31. The van der Waals surface area contributed by atoms with Gasteiger partial charge >= 0.3 is 0 Å². The minimum atomic E-state index is 0.397. The lowest BCUT2D eigenvalue weighted by atomic mass is 10.1. The molecule has 2 N–H and O–H groups in total. The molecule has 116 valence electrons. The number of hydrogen-bond acceptors (Lipinski definition) is 1. The Labute approximate surface area is 141 Å². The Bertz CT molecular complexity index is 881. The van der Waals surface area contributed by atoms with E-state index in [1.54, 1.807) is 4.90 Å². The smallest absolute Gasteiger partial charge is 0.200 e. The number of nitrogens with zero attached hydrogens (tertiary/aromatic N) is 2. The van der Waals surface area contributed by atoms with Gasteiger partial charge in [0.2, 0.25) is 5.96 Å². The number of hydrogen-bond donors (Lipinski definition) is 1. The van der Waals surface area contributed by atoms with E-state index in [0.717, 1.165) is 27.7 Å². The van der Waals surface area contributed by atoms with Gasteiger partial charge in [0.15, 0.2) is 0 Å². The summed E-state index contributed by atoms with van der Waals surface area (Å²) < 4.78 is 0. The Kier molecular flexibility index (Phi) is 4.22. The van der Waals surface area contributed by atoms with Crippen LogP contribution < -0.4 is 10.6 Å². The Balaban J connectivity index is 2.02. The van der Waals surface area contributed by atoms with Gasteiger partial charge in [0.25, 0.3) is 0 Å². The van der Waals surface area contributed by atoms with Crippen LogP contribution in [0, 0.1) is 6.92 Å². The molecule has 4 heteroatoms. The lowest BCUT2D eigenvalue weighted by Crippen LogP contribution is -2.33. The standard InChI is InChI=1S/C19H18ClN3/c1-13-10-11-16(20)18(12-13)23(2)19(21)22-17-9-5-7-14-6-3-4-8-15(14)17/h3-12H,1-2H3,(H2,21,22). The lowest BCUT2D eigenvalue weighted by molar-refractivity contribution is 1.21. The number of halogens is 1. The molecule has 3 aromatic rings. The molecule has 0 aliphatic carbocycles. The maximum absolute atomic E-state index is 6.28. The molecule has 0 aliphatic heterocycles. The zero-order valence-electron chi connectivity index (χ0n) is 13.1. The molecule has 0 saturated heterocycles. The summed E-state index contributed by atoms with van der Waals surface area (Å²) >= 11 is 6.28. The van der Waals surface area contributed by atoms with Gasteiger partial charge in [-0.3, -0.25) is 0 Å². The van der Waals surface area contributed by atoms with Crippen LogP contribution in [0.25, 0.3) is 10.8 Å². The zero-order chi connectivity index (χ0) is 16.4. The monoisotopic (exact) mass is 323 g/mol. The lowest BCUT2D eigenvalue weighted by Gasteiger charge is -2.20. The fourth-order valence-electron chi connectivity index (χ4n) is 2.51. The quantitative estimate of drug-likeness (QED) is 0.539. The van der Waals surface area contributed by atoms with Gasteiger partial charge in [0.05, 0.1) is 16.4 Å². The van der Waals surface area contributed by atoms with Crippen LogP contribution in [0.15, 0.2) is 65.7 Å². The molecular formula is C19H18ClN3. The van der Waals surface area contributed by atoms with Crippen LogP contribution >= 0.6 is 11.6 Å². The van der Waals surface area contributed by atoms with Crippen LogP contribution in [0.1, 0.15) is 5.56 Å².